The molecule has 0 bridgehead atoms. The number of carbonyl (C=O) groups is 1. The zero-order valence-electron chi connectivity index (χ0n) is 14.3. The van der Waals surface area contributed by atoms with E-state index in [1.807, 2.05) is 15.6 Å². The Morgan fingerprint density at radius 2 is 2.23 bits per heavy atom. The molecule has 1 fully saturated rings. The predicted molar refractivity (Wildman–Crippen MR) is 87.0 cm³/mol. The normalized spacial score (nSPS) is 19.0. The van der Waals surface area contributed by atoms with Gasteiger partial charge in [-0.2, -0.15) is 5.10 Å². The highest BCUT2D eigenvalue weighted by Crippen LogP contribution is 2.20. The van der Waals surface area contributed by atoms with Crippen LogP contribution in [0.3, 0.4) is 0 Å². The minimum atomic E-state index is -0.167. The van der Waals surface area contributed by atoms with Gasteiger partial charge in [0.25, 0.3) is 0 Å². The summed E-state index contributed by atoms with van der Waals surface area (Å²) in [4.78, 5) is 14.2. The predicted octanol–water partition coefficient (Wildman–Crippen LogP) is 2.92. The van der Waals surface area contributed by atoms with Gasteiger partial charge in [0.2, 0.25) is 0 Å². The Labute approximate surface area is 132 Å². The van der Waals surface area contributed by atoms with Crippen LogP contribution in [0.25, 0.3) is 0 Å². The highest BCUT2D eigenvalue weighted by molar-refractivity contribution is 5.88. The molecule has 0 unspecified atom stereocenters. The molecule has 22 heavy (non-hydrogen) atoms. The van der Waals surface area contributed by atoms with Crippen molar-refractivity contribution in [2.75, 3.05) is 25.0 Å². The second kappa shape index (κ2) is 6.69. The topological polar surface area (TPSA) is 59.4 Å². The molecule has 1 aromatic heterocycles. The van der Waals surface area contributed by atoms with Crippen molar-refractivity contribution in [3.8, 4) is 0 Å². The molecule has 1 aromatic rings. The van der Waals surface area contributed by atoms with Crippen molar-refractivity contribution < 1.29 is 9.53 Å². The molecule has 1 aliphatic rings. The van der Waals surface area contributed by atoms with Crippen LogP contribution < -0.4 is 5.32 Å². The van der Waals surface area contributed by atoms with Gasteiger partial charge in [-0.1, -0.05) is 13.8 Å². The molecule has 1 aliphatic heterocycles. The quantitative estimate of drug-likeness (QED) is 0.930. The highest BCUT2D eigenvalue weighted by atomic mass is 16.5. The molecule has 1 N–H and O–H groups in total. The van der Waals surface area contributed by atoms with Gasteiger partial charge in [0.15, 0.2) is 0 Å². The van der Waals surface area contributed by atoms with Crippen LogP contribution in [0, 0.1) is 5.92 Å². The first-order valence-corrected chi connectivity index (χ1v) is 7.99. The van der Waals surface area contributed by atoms with Gasteiger partial charge in [0.1, 0.15) is 5.82 Å². The van der Waals surface area contributed by atoms with Crippen molar-refractivity contribution >= 4 is 11.8 Å². The van der Waals surface area contributed by atoms with Crippen LogP contribution >= 0.6 is 0 Å². The molecular weight excluding hydrogens is 280 g/mol. The van der Waals surface area contributed by atoms with E-state index in [-0.39, 0.29) is 17.7 Å². The molecule has 0 aliphatic carbocycles. The number of hydrogen-bond donors (Lipinski definition) is 1. The third-order valence-corrected chi connectivity index (χ3v) is 3.61. The summed E-state index contributed by atoms with van der Waals surface area (Å²) in [5.41, 5.74) is -0.167. The molecule has 0 aromatic carbocycles. The molecule has 2 rings (SSSR count). The first kappa shape index (κ1) is 16.8. The summed E-state index contributed by atoms with van der Waals surface area (Å²) in [5, 5.41) is 7.25. The van der Waals surface area contributed by atoms with E-state index < -0.39 is 0 Å². The van der Waals surface area contributed by atoms with E-state index in [4.69, 9.17) is 4.74 Å². The maximum Gasteiger partial charge on any atom is 0.323 e. The van der Waals surface area contributed by atoms with E-state index in [1.165, 1.54) is 0 Å². The molecule has 6 heteroatoms. The van der Waals surface area contributed by atoms with E-state index in [0.717, 1.165) is 25.4 Å². The molecular formula is C16H28N4O2. The number of aromatic nitrogens is 2. The minimum absolute atomic E-state index is 0.0818. The number of carbonyl (C=O) groups excluding carboxylic acids is 1. The Morgan fingerprint density at radius 1 is 1.50 bits per heavy atom. The summed E-state index contributed by atoms with van der Waals surface area (Å²) in [6.45, 7) is 12.6. The van der Waals surface area contributed by atoms with Crippen molar-refractivity contribution in [3.05, 3.63) is 12.3 Å². The summed E-state index contributed by atoms with van der Waals surface area (Å²) in [6.07, 6.45) is 2.76. The van der Waals surface area contributed by atoms with Crippen LogP contribution in [0.2, 0.25) is 0 Å². The number of likely N-dealkylation sites (tertiary alicyclic amines) is 1. The Kier molecular flexibility index (Phi) is 5.11. The SMILES string of the molecule is CC(C)CO[C@H]1CCN(C(=O)Nc2ccnn2C(C)(C)C)C1. The molecule has 2 amide bonds. The van der Waals surface area contributed by atoms with Gasteiger partial charge in [-0.05, 0) is 33.1 Å². The molecule has 2 heterocycles. The van der Waals surface area contributed by atoms with Crippen LogP contribution in [-0.4, -0.2) is 46.5 Å². The Hall–Kier alpha value is -1.56. The third-order valence-electron chi connectivity index (χ3n) is 3.61. The second-order valence-corrected chi connectivity index (χ2v) is 7.31. The van der Waals surface area contributed by atoms with Crippen LogP contribution in [0.5, 0.6) is 0 Å². The lowest BCUT2D eigenvalue weighted by molar-refractivity contribution is 0.0439. The first-order valence-electron chi connectivity index (χ1n) is 7.99. The summed E-state index contributed by atoms with van der Waals surface area (Å²) in [5.74, 6) is 1.24. The number of hydrogen-bond acceptors (Lipinski definition) is 3. The van der Waals surface area contributed by atoms with Crippen molar-refractivity contribution in [2.45, 2.75) is 52.7 Å². The standard InChI is InChI=1S/C16H28N4O2/c1-12(2)11-22-13-7-9-19(10-13)15(21)18-14-6-8-17-20(14)16(3,4)5/h6,8,12-13H,7,9-11H2,1-5H3,(H,18,21)/t13-/m0/s1. The average molecular weight is 308 g/mol. The lowest BCUT2D eigenvalue weighted by atomic mass is 10.1. The fraction of sp³-hybridized carbons (Fsp3) is 0.750. The maximum atomic E-state index is 12.4. The fourth-order valence-electron chi connectivity index (χ4n) is 2.50. The maximum absolute atomic E-state index is 12.4. The van der Waals surface area contributed by atoms with Gasteiger partial charge >= 0.3 is 6.03 Å². The monoisotopic (exact) mass is 308 g/mol. The summed E-state index contributed by atoms with van der Waals surface area (Å²) >= 11 is 0. The van der Waals surface area contributed by atoms with Crippen LogP contribution in [0.1, 0.15) is 41.0 Å². The van der Waals surface area contributed by atoms with Gasteiger partial charge in [0, 0.05) is 25.8 Å². The Balaban J connectivity index is 1.90. The fourth-order valence-corrected chi connectivity index (χ4v) is 2.50. The number of ether oxygens (including phenoxy) is 1. The summed E-state index contributed by atoms with van der Waals surface area (Å²) in [6, 6.07) is 1.74. The molecule has 0 spiro atoms. The van der Waals surface area contributed by atoms with E-state index >= 15 is 0 Å². The molecule has 6 nitrogen and oxygen atoms in total. The van der Waals surface area contributed by atoms with Crippen LogP contribution in [0.4, 0.5) is 10.6 Å². The number of amides is 2. The molecule has 1 saturated heterocycles. The lowest BCUT2D eigenvalue weighted by Crippen LogP contribution is -2.36. The highest BCUT2D eigenvalue weighted by Gasteiger charge is 2.28. The molecule has 0 radical (unpaired) electrons. The van der Waals surface area contributed by atoms with E-state index in [1.54, 1.807) is 6.20 Å². The van der Waals surface area contributed by atoms with E-state index in [9.17, 15) is 4.79 Å². The van der Waals surface area contributed by atoms with E-state index in [2.05, 4.69) is 45.0 Å². The Bertz CT molecular complexity index is 504. The summed E-state index contributed by atoms with van der Waals surface area (Å²) < 4.78 is 7.65. The minimum Gasteiger partial charge on any atom is -0.376 e. The first-order chi connectivity index (χ1) is 10.3. The number of nitrogens with one attached hydrogen (secondary N) is 1. The van der Waals surface area contributed by atoms with Crippen LogP contribution in [-0.2, 0) is 10.3 Å². The van der Waals surface area contributed by atoms with Gasteiger partial charge in [0.05, 0.1) is 17.8 Å². The Morgan fingerprint density at radius 3 is 2.86 bits per heavy atom. The van der Waals surface area contributed by atoms with Gasteiger partial charge < -0.3 is 9.64 Å². The van der Waals surface area contributed by atoms with E-state index in [0.29, 0.717) is 12.5 Å². The van der Waals surface area contributed by atoms with Gasteiger partial charge in [-0.25, -0.2) is 9.48 Å². The molecule has 0 saturated carbocycles. The third kappa shape index (κ3) is 4.22. The molecule has 1 atom stereocenters. The largest absolute Gasteiger partial charge is 0.376 e. The van der Waals surface area contributed by atoms with Crippen molar-refractivity contribution in [3.63, 3.8) is 0 Å². The number of rotatable bonds is 4. The zero-order valence-corrected chi connectivity index (χ0v) is 14.3. The number of anilines is 1. The average Bonchev–Trinajstić information content (AvgIpc) is 3.03. The smallest absolute Gasteiger partial charge is 0.323 e. The number of nitrogens with zero attached hydrogens (tertiary/aromatic N) is 3. The second-order valence-electron chi connectivity index (χ2n) is 7.31. The lowest BCUT2D eigenvalue weighted by Gasteiger charge is -2.24. The molecule has 124 valence electrons. The van der Waals surface area contributed by atoms with Crippen molar-refractivity contribution in [1.82, 2.24) is 14.7 Å². The van der Waals surface area contributed by atoms with Crippen molar-refractivity contribution in [2.24, 2.45) is 5.92 Å². The number of urea groups is 1. The summed E-state index contributed by atoms with van der Waals surface area (Å²) in [7, 11) is 0. The van der Waals surface area contributed by atoms with Crippen molar-refractivity contribution in [1.29, 1.82) is 0 Å². The van der Waals surface area contributed by atoms with Gasteiger partial charge in [-0.3, -0.25) is 5.32 Å². The zero-order chi connectivity index (χ0) is 16.3. The van der Waals surface area contributed by atoms with Gasteiger partial charge in [-0.15, -0.1) is 0 Å². The van der Waals surface area contributed by atoms with Crippen LogP contribution in [0.15, 0.2) is 12.3 Å².